The Bertz CT molecular complexity index is 2520. The second-order valence-corrected chi connectivity index (χ2v) is 12.3. The van der Waals surface area contributed by atoms with E-state index in [4.69, 9.17) is 0 Å². The van der Waals surface area contributed by atoms with Crippen molar-refractivity contribution in [2.24, 2.45) is 0 Å². The molecule has 0 atom stereocenters. The Hall–Kier alpha value is -5.72. The van der Waals surface area contributed by atoms with Crippen LogP contribution in [0.3, 0.4) is 0 Å². The summed E-state index contributed by atoms with van der Waals surface area (Å²) in [6.07, 6.45) is 3.85. The molecule has 0 aliphatic carbocycles. The van der Waals surface area contributed by atoms with Gasteiger partial charge in [-0.15, -0.1) is 0 Å². The van der Waals surface area contributed by atoms with Crippen LogP contribution in [0.4, 0.5) is 0 Å². The zero-order valence-electron chi connectivity index (χ0n) is 28.3. The Morgan fingerprint density at radius 2 is 1.02 bits per heavy atom. The molecule has 0 nitrogen and oxygen atoms in total. The number of benzene rings is 8. The molecule has 8 rings (SSSR count). The van der Waals surface area contributed by atoms with Crippen molar-refractivity contribution in [1.29, 1.82) is 0 Å². The molecule has 0 bridgehead atoms. The van der Waals surface area contributed by atoms with Gasteiger partial charge in [0.2, 0.25) is 0 Å². The molecule has 0 amide bonds. The maximum absolute atomic E-state index is 4.09. The van der Waals surface area contributed by atoms with Gasteiger partial charge in [-0.3, -0.25) is 0 Å². The van der Waals surface area contributed by atoms with Crippen molar-refractivity contribution >= 4 is 55.2 Å². The third-order valence-corrected chi connectivity index (χ3v) is 9.74. The zero-order chi connectivity index (χ0) is 33.4. The molecule has 0 N–H and O–H groups in total. The Labute approximate surface area is 284 Å². The topological polar surface area (TPSA) is 0 Å². The average molecular weight is 617 g/mol. The van der Waals surface area contributed by atoms with Gasteiger partial charge in [0.25, 0.3) is 0 Å². The zero-order valence-corrected chi connectivity index (χ0v) is 28.3. The molecule has 0 aliphatic rings. The summed E-state index contributed by atoms with van der Waals surface area (Å²) in [5.41, 5.74) is 12.3. The van der Waals surface area contributed by atoms with Crippen LogP contribution in [0.15, 0.2) is 147 Å². The third-order valence-electron chi connectivity index (χ3n) is 9.74. The highest BCUT2D eigenvalue weighted by Crippen LogP contribution is 2.38. The minimum atomic E-state index is 1.11. The van der Waals surface area contributed by atoms with E-state index < -0.39 is 0 Å². The first kappa shape index (κ1) is 30.9. The van der Waals surface area contributed by atoms with Gasteiger partial charge in [-0.25, -0.2) is 0 Å². The monoisotopic (exact) mass is 616 g/mol. The van der Waals surface area contributed by atoms with Crippen molar-refractivity contribution in [3.05, 3.63) is 169 Å². The number of fused-ring (bicyclic) bond motifs is 6. The van der Waals surface area contributed by atoms with Gasteiger partial charge in [0.1, 0.15) is 0 Å². The van der Waals surface area contributed by atoms with Crippen LogP contribution in [0.1, 0.15) is 36.1 Å². The molecule has 0 heterocycles. The fraction of sp³-hybridized carbons (Fsp3) is 0.0833. The van der Waals surface area contributed by atoms with Crippen LogP contribution in [-0.2, 0) is 0 Å². The number of hydrogen-bond acceptors (Lipinski definition) is 0. The van der Waals surface area contributed by atoms with Crippen molar-refractivity contribution in [3.8, 4) is 33.4 Å². The Balaban J connectivity index is 0.00000179. The molecule has 0 spiro atoms. The molecule has 0 heteroatoms. The van der Waals surface area contributed by atoms with E-state index in [1.807, 2.05) is 26.0 Å². The van der Waals surface area contributed by atoms with Gasteiger partial charge in [-0.1, -0.05) is 154 Å². The molecular formula is C48H40. The summed E-state index contributed by atoms with van der Waals surface area (Å²) in [5.74, 6) is 0. The van der Waals surface area contributed by atoms with Crippen molar-refractivity contribution < 1.29 is 0 Å². The standard InChI is InChI=1S/C46H34.C2H6/c1-5-31-20-24-43-42(39(31)6-2)25-21-32-15-18-37(27-44(32)43)35-11-9-12-36(26-35)38-19-16-33-14-17-34-22-23-41(30(4)46(34)45(33)28-38)40-13-8-7-10-29(40)3;1-2/h5-28H,1-2H2,3-4H3;1-2H3. The van der Waals surface area contributed by atoms with Crippen LogP contribution >= 0.6 is 0 Å². The molecule has 8 aromatic carbocycles. The summed E-state index contributed by atoms with van der Waals surface area (Å²) in [7, 11) is 0. The van der Waals surface area contributed by atoms with Crippen molar-refractivity contribution in [2.45, 2.75) is 27.7 Å². The average Bonchev–Trinajstić information content (AvgIpc) is 3.15. The predicted octanol–water partition coefficient (Wildman–Crippen LogP) is 14.2. The second kappa shape index (κ2) is 12.8. The highest BCUT2D eigenvalue weighted by atomic mass is 14.2. The molecule has 0 fully saturated rings. The smallest absolute Gasteiger partial charge is 0.00697 e. The van der Waals surface area contributed by atoms with E-state index in [0.29, 0.717) is 0 Å². The fourth-order valence-corrected chi connectivity index (χ4v) is 7.31. The lowest BCUT2D eigenvalue weighted by molar-refractivity contribution is 1.43. The molecule has 0 unspecified atom stereocenters. The van der Waals surface area contributed by atoms with Gasteiger partial charge in [0.15, 0.2) is 0 Å². The van der Waals surface area contributed by atoms with E-state index in [-0.39, 0.29) is 0 Å². The molecule has 0 saturated heterocycles. The maximum Gasteiger partial charge on any atom is -0.00697 e. The van der Waals surface area contributed by atoms with Gasteiger partial charge < -0.3 is 0 Å². The SMILES string of the molecule is C=Cc1ccc2c(ccc3ccc(-c4cccc(-c5ccc6ccc7ccc(-c8ccccc8C)c(C)c7c6c5)c4)cc32)c1C=C.CC. The van der Waals surface area contributed by atoms with Crippen LogP contribution in [0, 0.1) is 13.8 Å². The van der Waals surface area contributed by atoms with Crippen molar-refractivity contribution in [2.75, 3.05) is 0 Å². The first-order valence-corrected chi connectivity index (χ1v) is 16.9. The first-order chi connectivity index (χ1) is 23.5. The van der Waals surface area contributed by atoms with E-state index in [0.717, 1.165) is 11.1 Å². The molecule has 48 heavy (non-hydrogen) atoms. The van der Waals surface area contributed by atoms with Crippen molar-refractivity contribution in [1.82, 2.24) is 0 Å². The maximum atomic E-state index is 4.09. The minimum absolute atomic E-state index is 1.11. The Kier molecular flexibility index (Phi) is 8.26. The van der Waals surface area contributed by atoms with Gasteiger partial charge in [-0.2, -0.15) is 0 Å². The van der Waals surface area contributed by atoms with E-state index >= 15 is 0 Å². The lowest BCUT2D eigenvalue weighted by Gasteiger charge is -2.15. The fourth-order valence-electron chi connectivity index (χ4n) is 7.31. The quantitative estimate of drug-likeness (QED) is 0.169. The van der Waals surface area contributed by atoms with Gasteiger partial charge >= 0.3 is 0 Å². The minimum Gasteiger partial charge on any atom is -0.0984 e. The van der Waals surface area contributed by atoms with Gasteiger partial charge in [-0.05, 0) is 131 Å². The van der Waals surface area contributed by atoms with E-state index in [1.54, 1.807) is 0 Å². The molecule has 8 aromatic rings. The largest absolute Gasteiger partial charge is 0.0984 e. The van der Waals surface area contributed by atoms with E-state index in [2.05, 4.69) is 160 Å². The third kappa shape index (κ3) is 5.20. The molecule has 0 saturated carbocycles. The lowest BCUT2D eigenvalue weighted by atomic mass is 9.89. The highest BCUT2D eigenvalue weighted by molar-refractivity contribution is 6.13. The lowest BCUT2D eigenvalue weighted by Crippen LogP contribution is -1.90. The van der Waals surface area contributed by atoms with Crippen molar-refractivity contribution in [3.63, 3.8) is 0 Å². The molecular weight excluding hydrogens is 577 g/mol. The predicted molar refractivity (Wildman–Crippen MR) is 214 cm³/mol. The molecule has 0 aromatic heterocycles. The van der Waals surface area contributed by atoms with E-state index in [9.17, 15) is 0 Å². The Morgan fingerprint density at radius 1 is 0.438 bits per heavy atom. The Morgan fingerprint density at radius 3 is 1.73 bits per heavy atom. The summed E-state index contributed by atoms with van der Waals surface area (Å²) < 4.78 is 0. The first-order valence-electron chi connectivity index (χ1n) is 16.9. The molecule has 0 radical (unpaired) electrons. The van der Waals surface area contributed by atoms with Crippen LogP contribution < -0.4 is 0 Å². The van der Waals surface area contributed by atoms with Gasteiger partial charge in [0.05, 0.1) is 0 Å². The van der Waals surface area contributed by atoms with Crippen LogP contribution in [0.5, 0.6) is 0 Å². The van der Waals surface area contributed by atoms with Crippen LogP contribution in [0.25, 0.3) is 88.6 Å². The molecule has 232 valence electrons. The van der Waals surface area contributed by atoms with Gasteiger partial charge in [0, 0.05) is 0 Å². The number of aryl methyl sites for hydroxylation is 2. The summed E-state index contributed by atoms with van der Waals surface area (Å²) in [4.78, 5) is 0. The van der Waals surface area contributed by atoms with E-state index in [1.165, 1.54) is 87.6 Å². The summed E-state index contributed by atoms with van der Waals surface area (Å²) in [6.45, 7) is 16.6. The summed E-state index contributed by atoms with van der Waals surface area (Å²) in [6, 6.07) is 49.2. The highest BCUT2D eigenvalue weighted by Gasteiger charge is 2.13. The summed E-state index contributed by atoms with van der Waals surface area (Å²) in [5, 5.41) is 10.1. The number of hydrogen-bond donors (Lipinski definition) is 0. The number of rotatable bonds is 5. The molecule has 0 aliphatic heterocycles. The van der Waals surface area contributed by atoms with Crippen LogP contribution in [-0.4, -0.2) is 0 Å². The summed E-state index contributed by atoms with van der Waals surface area (Å²) >= 11 is 0. The normalized spacial score (nSPS) is 11.1. The second-order valence-electron chi connectivity index (χ2n) is 12.3. The van der Waals surface area contributed by atoms with Crippen LogP contribution in [0.2, 0.25) is 0 Å².